The number of amides is 1. The molecule has 2 heterocycles. The molecule has 5 heteroatoms. The highest BCUT2D eigenvalue weighted by molar-refractivity contribution is 7.20. The zero-order chi connectivity index (χ0) is 14.0. The van der Waals surface area contributed by atoms with E-state index < -0.39 is 0 Å². The van der Waals surface area contributed by atoms with Gasteiger partial charge in [0.05, 0.1) is 4.88 Å². The highest BCUT2D eigenvalue weighted by Gasteiger charge is 2.18. The van der Waals surface area contributed by atoms with Crippen molar-refractivity contribution in [3.8, 4) is 0 Å². The number of rotatable bonds is 4. The minimum atomic E-state index is -0.0714. The van der Waals surface area contributed by atoms with Crippen molar-refractivity contribution in [1.29, 1.82) is 0 Å². The van der Waals surface area contributed by atoms with Crippen molar-refractivity contribution < 1.29 is 4.79 Å². The van der Waals surface area contributed by atoms with Crippen molar-refractivity contribution in [2.24, 2.45) is 0 Å². The lowest BCUT2D eigenvalue weighted by molar-refractivity contribution is 0.0961. The monoisotopic (exact) mass is 275 g/mol. The predicted octanol–water partition coefficient (Wildman–Crippen LogP) is 2.79. The highest BCUT2D eigenvalue weighted by atomic mass is 32.1. The molecule has 2 aromatic rings. The summed E-state index contributed by atoms with van der Waals surface area (Å²) < 4.78 is 0. The number of aromatic nitrogens is 2. The second-order valence-electron chi connectivity index (χ2n) is 4.31. The van der Waals surface area contributed by atoms with Crippen LogP contribution in [0.1, 0.15) is 33.7 Å². The fourth-order valence-electron chi connectivity index (χ4n) is 2.01. The van der Waals surface area contributed by atoms with Crippen LogP contribution < -0.4 is 5.32 Å². The van der Waals surface area contributed by atoms with E-state index in [4.69, 9.17) is 0 Å². The summed E-state index contributed by atoms with van der Waals surface area (Å²) >= 11 is 1.43. The SMILES string of the molecule is C=CCNC(=O)c1sc2nc(CC)nc(C)c2c1C. The topological polar surface area (TPSA) is 54.9 Å². The minimum Gasteiger partial charge on any atom is -0.348 e. The molecule has 4 nitrogen and oxygen atoms in total. The van der Waals surface area contributed by atoms with Crippen molar-refractivity contribution in [2.45, 2.75) is 27.2 Å². The summed E-state index contributed by atoms with van der Waals surface area (Å²) in [5, 5.41) is 3.81. The molecule has 0 spiro atoms. The Bertz CT molecular complexity index is 646. The van der Waals surface area contributed by atoms with Crippen molar-refractivity contribution in [2.75, 3.05) is 6.54 Å². The molecule has 1 N–H and O–H groups in total. The van der Waals surface area contributed by atoms with E-state index in [1.165, 1.54) is 11.3 Å². The molecule has 0 aliphatic heterocycles. The quantitative estimate of drug-likeness (QED) is 0.873. The van der Waals surface area contributed by atoms with E-state index >= 15 is 0 Å². The molecule has 0 saturated heterocycles. The van der Waals surface area contributed by atoms with Crippen LogP contribution in [0.25, 0.3) is 10.2 Å². The van der Waals surface area contributed by atoms with Crippen molar-refractivity contribution in [3.63, 3.8) is 0 Å². The van der Waals surface area contributed by atoms with Crippen LogP contribution in [-0.4, -0.2) is 22.4 Å². The van der Waals surface area contributed by atoms with E-state index in [0.717, 1.165) is 33.7 Å². The molecule has 0 aliphatic rings. The minimum absolute atomic E-state index is 0.0714. The summed E-state index contributed by atoms with van der Waals surface area (Å²) in [4.78, 5) is 22.6. The molecule has 0 unspecified atom stereocenters. The molecular weight excluding hydrogens is 258 g/mol. The third kappa shape index (κ3) is 2.51. The van der Waals surface area contributed by atoms with Gasteiger partial charge in [-0.1, -0.05) is 13.0 Å². The number of carbonyl (C=O) groups is 1. The average Bonchev–Trinajstić information content (AvgIpc) is 2.73. The Kier molecular flexibility index (Phi) is 3.95. The lowest BCUT2D eigenvalue weighted by atomic mass is 10.1. The van der Waals surface area contributed by atoms with Crippen LogP contribution in [0.5, 0.6) is 0 Å². The largest absolute Gasteiger partial charge is 0.348 e. The Labute approximate surface area is 116 Å². The summed E-state index contributed by atoms with van der Waals surface area (Å²) in [7, 11) is 0. The summed E-state index contributed by atoms with van der Waals surface area (Å²) in [5.41, 5.74) is 1.90. The van der Waals surface area contributed by atoms with Gasteiger partial charge in [0, 0.05) is 24.0 Å². The number of nitrogens with one attached hydrogen (secondary N) is 1. The molecule has 0 aromatic carbocycles. The van der Waals surface area contributed by atoms with Gasteiger partial charge >= 0.3 is 0 Å². The van der Waals surface area contributed by atoms with Gasteiger partial charge in [0.2, 0.25) is 0 Å². The maximum atomic E-state index is 12.1. The first-order valence-corrected chi connectivity index (χ1v) is 7.05. The van der Waals surface area contributed by atoms with Crippen LogP contribution in [0, 0.1) is 13.8 Å². The van der Waals surface area contributed by atoms with Gasteiger partial charge in [0.15, 0.2) is 0 Å². The van der Waals surface area contributed by atoms with E-state index in [1.54, 1.807) is 6.08 Å². The lowest BCUT2D eigenvalue weighted by Gasteiger charge is -2.01. The Balaban J connectivity index is 2.53. The molecule has 100 valence electrons. The number of carbonyl (C=O) groups excluding carboxylic acids is 1. The summed E-state index contributed by atoms with van der Waals surface area (Å²) in [6.07, 6.45) is 2.46. The standard InChI is InChI=1S/C14H17N3OS/c1-5-7-15-13(18)12-8(3)11-9(4)16-10(6-2)17-14(11)19-12/h5H,1,6-7H2,2-4H3,(H,15,18). The molecule has 19 heavy (non-hydrogen) atoms. The Morgan fingerprint density at radius 3 is 2.79 bits per heavy atom. The first-order valence-electron chi connectivity index (χ1n) is 6.24. The fraction of sp³-hybridized carbons (Fsp3) is 0.357. The smallest absolute Gasteiger partial charge is 0.261 e. The van der Waals surface area contributed by atoms with Crippen molar-refractivity contribution in [1.82, 2.24) is 15.3 Å². The van der Waals surface area contributed by atoms with Gasteiger partial charge < -0.3 is 5.32 Å². The number of fused-ring (bicyclic) bond motifs is 1. The van der Waals surface area contributed by atoms with Crippen LogP contribution >= 0.6 is 11.3 Å². The third-order valence-corrected chi connectivity index (χ3v) is 4.13. The lowest BCUT2D eigenvalue weighted by Crippen LogP contribution is -2.22. The molecule has 0 bridgehead atoms. The normalized spacial score (nSPS) is 10.7. The van der Waals surface area contributed by atoms with Crippen LogP contribution in [0.2, 0.25) is 0 Å². The second kappa shape index (κ2) is 5.48. The summed E-state index contributed by atoms with van der Waals surface area (Å²) in [5.74, 6) is 0.752. The van der Waals surface area contributed by atoms with Gasteiger partial charge in [-0.15, -0.1) is 17.9 Å². The van der Waals surface area contributed by atoms with E-state index in [0.29, 0.717) is 11.4 Å². The molecule has 2 aromatic heterocycles. The Morgan fingerprint density at radius 1 is 1.42 bits per heavy atom. The average molecular weight is 275 g/mol. The molecule has 0 aliphatic carbocycles. The Hall–Kier alpha value is -1.75. The third-order valence-electron chi connectivity index (χ3n) is 2.95. The molecule has 0 radical (unpaired) electrons. The zero-order valence-electron chi connectivity index (χ0n) is 11.4. The molecule has 1 amide bonds. The van der Waals surface area contributed by atoms with Crippen LogP contribution in [0.3, 0.4) is 0 Å². The number of aryl methyl sites for hydroxylation is 3. The van der Waals surface area contributed by atoms with Crippen LogP contribution in [-0.2, 0) is 6.42 Å². The number of hydrogen-bond acceptors (Lipinski definition) is 4. The maximum Gasteiger partial charge on any atom is 0.261 e. The van der Waals surface area contributed by atoms with Gasteiger partial charge in [0.25, 0.3) is 5.91 Å². The van der Waals surface area contributed by atoms with E-state index in [1.807, 2.05) is 20.8 Å². The van der Waals surface area contributed by atoms with E-state index in [2.05, 4.69) is 21.9 Å². The van der Waals surface area contributed by atoms with Crippen molar-refractivity contribution >= 4 is 27.5 Å². The summed E-state index contributed by atoms with van der Waals surface area (Å²) in [6, 6.07) is 0. The molecule has 0 saturated carbocycles. The molecule has 0 fully saturated rings. The second-order valence-corrected chi connectivity index (χ2v) is 5.31. The number of hydrogen-bond donors (Lipinski definition) is 1. The zero-order valence-corrected chi connectivity index (χ0v) is 12.2. The fourth-order valence-corrected chi connectivity index (χ4v) is 3.18. The molecular formula is C14H17N3OS. The first-order chi connectivity index (χ1) is 9.08. The van der Waals surface area contributed by atoms with Crippen LogP contribution in [0.4, 0.5) is 0 Å². The molecule has 2 rings (SSSR count). The first kappa shape index (κ1) is 13.7. The van der Waals surface area contributed by atoms with Gasteiger partial charge in [-0.3, -0.25) is 4.79 Å². The predicted molar refractivity (Wildman–Crippen MR) is 78.8 cm³/mol. The Morgan fingerprint density at radius 2 is 2.16 bits per heavy atom. The van der Waals surface area contributed by atoms with Gasteiger partial charge in [-0.05, 0) is 19.4 Å². The highest BCUT2D eigenvalue weighted by Crippen LogP contribution is 2.31. The summed E-state index contributed by atoms with van der Waals surface area (Å²) in [6.45, 7) is 10.0. The van der Waals surface area contributed by atoms with Gasteiger partial charge in [-0.2, -0.15) is 0 Å². The van der Waals surface area contributed by atoms with Gasteiger partial charge in [-0.25, -0.2) is 9.97 Å². The van der Waals surface area contributed by atoms with Crippen LogP contribution in [0.15, 0.2) is 12.7 Å². The van der Waals surface area contributed by atoms with E-state index in [-0.39, 0.29) is 5.91 Å². The van der Waals surface area contributed by atoms with E-state index in [9.17, 15) is 4.79 Å². The number of nitrogens with zero attached hydrogens (tertiary/aromatic N) is 2. The van der Waals surface area contributed by atoms with Crippen molar-refractivity contribution in [3.05, 3.63) is 34.6 Å². The maximum absolute atomic E-state index is 12.1. The number of thiophene rings is 1. The van der Waals surface area contributed by atoms with Gasteiger partial charge in [0.1, 0.15) is 10.7 Å². The molecule has 0 atom stereocenters.